The van der Waals surface area contributed by atoms with Crippen molar-refractivity contribution in [2.24, 2.45) is 0 Å². The second kappa shape index (κ2) is 11.8. The molecule has 1 heterocycles. The Balaban J connectivity index is 1.55. The second-order valence-electron chi connectivity index (χ2n) is 7.57. The van der Waals surface area contributed by atoms with E-state index in [-0.39, 0.29) is 12.5 Å². The Morgan fingerprint density at radius 1 is 0.971 bits per heavy atom. The fourth-order valence-electron chi connectivity index (χ4n) is 3.56. The summed E-state index contributed by atoms with van der Waals surface area (Å²) in [6.07, 6.45) is 0. The van der Waals surface area contributed by atoms with E-state index in [4.69, 9.17) is 21.1 Å². The maximum absolute atomic E-state index is 13.0. The summed E-state index contributed by atoms with van der Waals surface area (Å²) < 4.78 is 12.7. The largest absolute Gasteiger partial charge is 0.493 e. The summed E-state index contributed by atoms with van der Waals surface area (Å²) in [6, 6.07) is 23.0. The van der Waals surface area contributed by atoms with Crippen LogP contribution >= 0.6 is 23.4 Å². The molecule has 1 N–H and O–H groups in total. The molecule has 0 saturated heterocycles. The lowest BCUT2D eigenvalue weighted by atomic mass is 10.1. The topological polar surface area (TPSA) is 78.3 Å². The zero-order chi connectivity index (χ0) is 24.6. The molecule has 0 spiro atoms. The summed E-state index contributed by atoms with van der Waals surface area (Å²) in [5.41, 5.74) is 2.51. The van der Waals surface area contributed by atoms with Crippen LogP contribution in [-0.4, -0.2) is 34.9 Å². The van der Waals surface area contributed by atoms with Crippen molar-refractivity contribution in [3.05, 3.63) is 100 Å². The van der Waals surface area contributed by atoms with Gasteiger partial charge >= 0.3 is 0 Å². The van der Waals surface area contributed by atoms with Gasteiger partial charge in [-0.25, -0.2) is 0 Å². The van der Waals surface area contributed by atoms with Gasteiger partial charge < -0.3 is 19.4 Å². The van der Waals surface area contributed by atoms with E-state index in [1.807, 2.05) is 59.2 Å². The number of carbonyl (C=O) groups excluding carboxylic acids is 1. The number of thioether (sulfide) groups is 1. The van der Waals surface area contributed by atoms with Crippen LogP contribution in [0.2, 0.25) is 5.02 Å². The Kier molecular flexibility index (Phi) is 8.28. The maximum atomic E-state index is 13.0. The number of methoxy groups -OCH3 is 2. The van der Waals surface area contributed by atoms with E-state index >= 15 is 0 Å². The molecule has 0 aliphatic rings. The van der Waals surface area contributed by atoms with Crippen molar-refractivity contribution in [1.82, 2.24) is 20.1 Å². The molecule has 0 fully saturated rings. The van der Waals surface area contributed by atoms with E-state index < -0.39 is 0 Å². The van der Waals surface area contributed by atoms with Crippen molar-refractivity contribution in [3.63, 3.8) is 0 Å². The van der Waals surface area contributed by atoms with Crippen LogP contribution in [-0.2, 0) is 18.8 Å². The van der Waals surface area contributed by atoms with Crippen molar-refractivity contribution >= 4 is 29.3 Å². The zero-order valence-corrected chi connectivity index (χ0v) is 21.0. The molecule has 4 rings (SSSR count). The molecule has 1 amide bonds. The van der Waals surface area contributed by atoms with Gasteiger partial charge in [0.25, 0.3) is 5.91 Å². The average molecular weight is 509 g/mol. The van der Waals surface area contributed by atoms with E-state index in [9.17, 15) is 4.79 Å². The van der Waals surface area contributed by atoms with E-state index in [2.05, 4.69) is 15.5 Å². The number of rotatable bonds is 10. The van der Waals surface area contributed by atoms with Gasteiger partial charge in [-0.2, -0.15) is 0 Å². The van der Waals surface area contributed by atoms with Gasteiger partial charge in [-0.3, -0.25) is 4.79 Å². The number of nitrogens with zero attached hydrogens (tertiary/aromatic N) is 3. The first-order valence-electron chi connectivity index (χ1n) is 10.9. The number of hydrogen-bond acceptors (Lipinski definition) is 6. The van der Waals surface area contributed by atoms with Crippen molar-refractivity contribution < 1.29 is 14.3 Å². The Labute approximate surface area is 213 Å². The van der Waals surface area contributed by atoms with Crippen LogP contribution in [0.15, 0.2) is 78.0 Å². The fraction of sp³-hybridized carbons (Fsp3) is 0.192. The molecule has 0 saturated carbocycles. The summed E-state index contributed by atoms with van der Waals surface area (Å²) in [7, 11) is 3.04. The van der Waals surface area contributed by atoms with Crippen LogP contribution in [0.4, 0.5) is 0 Å². The summed E-state index contributed by atoms with van der Waals surface area (Å²) in [4.78, 5) is 13.0. The normalized spacial score (nSPS) is 10.7. The molecule has 0 bridgehead atoms. The summed E-state index contributed by atoms with van der Waals surface area (Å²) in [5.74, 6) is 1.88. The minimum absolute atomic E-state index is 0.200. The van der Waals surface area contributed by atoms with Crippen LogP contribution in [0, 0.1) is 0 Å². The third-order valence-corrected chi connectivity index (χ3v) is 6.73. The van der Waals surface area contributed by atoms with Crippen LogP contribution in [0.1, 0.15) is 27.3 Å². The van der Waals surface area contributed by atoms with Gasteiger partial charge in [-0.05, 0) is 29.3 Å². The molecule has 4 aromatic rings. The first kappa shape index (κ1) is 24.6. The zero-order valence-electron chi connectivity index (χ0n) is 19.4. The number of nitrogens with one attached hydrogen (secondary N) is 1. The van der Waals surface area contributed by atoms with Crippen LogP contribution < -0.4 is 14.8 Å². The molecule has 35 heavy (non-hydrogen) atoms. The lowest BCUT2D eigenvalue weighted by molar-refractivity contribution is 0.0945. The monoisotopic (exact) mass is 508 g/mol. The highest BCUT2D eigenvalue weighted by Crippen LogP contribution is 2.31. The lowest BCUT2D eigenvalue weighted by Crippen LogP contribution is -2.25. The van der Waals surface area contributed by atoms with Crippen LogP contribution in [0.3, 0.4) is 0 Å². The number of aromatic nitrogens is 3. The second-order valence-corrected chi connectivity index (χ2v) is 8.92. The highest BCUT2D eigenvalue weighted by molar-refractivity contribution is 7.98. The van der Waals surface area contributed by atoms with Crippen molar-refractivity contribution in [3.8, 4) is 11.5 Å². The number of amides is 1. The molecule has 3 aromatic carbocycles. The van der Waals surface area contributed by atoms with Crippen LogP contribution in [0.5, 0.6) is 11.5 Å². The van der Waals surface area contributed by atoms with Gasteiger partial charge in [0, 0.05) is 10.8 Å². The molecule has 1 aromatic heterocycles. The van der Waals surface area contributed by atoms with Gasteiger partial charge in [-0.15, -0.1) is 10.2 Å². The van der Waals surface area contributed by atoms with Crippen molar-refractivity contribution in [2.45, 2.75) is 24.0 Å². The Bertz CT molecular complexity index is 1300. The minimum Gasteiger partial charge on any atom is -0.493 e. The maximum Gasteiger partial charge on any atom is 0.255 e. The van der Waals surface area contributed by atoms with Gasteiger partial charge in [0.05, 0.1) is 32.9 Å². The van der Waals surface area contributed by atoms with E-state index in [1.54, 1.807) is 30.0 Å². The smallest absolute Gasteiger partial charge is 0.255 e. The summed E-state index contributed by atoms with van der Waals surface area (Å²) >= 11 is 7.88. The quantitative estimate of drug-likeness (QED) is 0.296. The SMILES string of the molecule is COc1cccc(C(=O)NCc2nnc(SCc3ccccc3Cl)n2Cc2ccccc2)c1OC. The van der Waals surface area contributed by atoms with E-state index in [0.717, 1.165) is 16.3 Å². The third kappa shape index (κ3) is 5.96. The first-order valence-corrected chi connectivity index (χ1v) is 12.3. The molecule has 0 unspecified atom stereocenters. The minimum atomic E-state index is -0.291. The Hall–Kier alpha value is -3.49. The molecule has 0 aliphatic heterocycles. The molecule has 9 heteroatoms. The summed E-state index contributed by atoms with van der Waals surface area (Å²) in [6.45, 7) is 0.776. The molecular formula is C26H25ClN4O3S. The molecule has 7 nitrogen and oxygen atoms in total. The lowest BCUT2D eigenvalue weighted by Gasteiger charge is -2.13. The van der Waals surface area contributed by atoms with Gasteiger partial charge in [0.15, 0.2) is 22.5 Å². The Morgan fingerprint density at radius 2 is 1.74 bits per heavy atom. The van der Waals surface area contributed by atoms with Crippen LogP contribution in [0.25, 0.3) is 0 Å². The van der Waals surface area contributed by atoms with Crippen molar-refractivity contribution in [2.75, 3.05) is 14.2 Å². The predicted octanol–water partition coefficient (Wildman–Crippen LogP) is 5.22. The number of halogens is 1. The number of benzene rings is 3. The first-order chi connectivity index (χ1) is 17.1. The van der Waals surface area contributed by atoms with Gasteiger partial charge in [-0.1, -0.05) is 78.0 Å². The Morgan fingerprint density at radius 3 is 2.49 bits per heavy atom. The number of hydrogen-bond donors (Lipinski definition) is 1. The third-order valence-electron chi connectivity index (χ3n) is 5.35. The molecule has 180 valence electrons. The summed E-state index contributed by atoms with van der Waals surface area (Å²) in [5, 5.41) is 13.2. The molecule has 0 atom stereocenters. The van der Waals surface area contributed by atoms with E-state index in [0.29, 0.717) is 40.2 Å². The average Bonchev–Trinajstić information content (AvgIpc) is 3.27. The van der Waals surface area contributed by atoms with Gasteiger partial charge in [0.1, 0.15) is 0 Å². The molecule has 0 aliphatic carbocycles. The molecule has 0 radical (unpaired) electrons. The highest BCUT2D eigenvalue weighted by atomic mass is 35.5. The fourth-order valence-corrected chi connectivity index (χ4v) is 4.80. The molecular weight excluding hydrogens is 484 g/mol. The standard InChI is InChI=1S/C26H25ClN4O3S/c1-33-22-14-8-12-20(24(22)34-2)25(32)28-15-23-29-30-26(31(23)16-18-9-4-3-5-10-18)35-17-19-11-6-7-13-21(19)27/h3-14H,15-17H2,1-2H3,(H,28,32). The number of ether oxygens (including phenoxy) is 2. The van der Waals surface area contributed by atoms with Gasteiger partial charge in [0.2, 0.25) is 0 Å². The number of para-hydroxylation sites is 1. The number of carbonyl (C=O) groups is 1. The predicted molar refractivity (Wildman–Crippen MR) is 137 cm³/mol. The van der Waals surface area contributed by atoms with Crippen molar-refractivity contribution in [1.29, 1.82) is 0 Å². The highest BCUT2D eigenvalue weighted by Gasteiger charge is 2.19. The van der Waals surface area contributed by atoms with E-state index in [1.165, 1.54) is 14.2 Å².